The lowest BCUT2D eigenvalue weighted by Gasteiger charge is -2.06. The molecule has 0 aliphatic heterocycles. The summed E-state index contributed by atoms with van der Waals surface area (Å²) in [5.74, 6) is -0.973. The van der Waals surface area contributed by atoms with Gasteiger partial charge in [-0.05, 0) is 24.3 Å². The van der Waals surface area contributed by atoms with Crippen molar-refractivity contribution in [1.29, 1.82) is 0 Å². The van der Waals surface area contributed by atoms with E-state index in [1.54, 1.807) is 18.2 Å². The fourth-order valence-electron chi connectivity index (χ4n) is 1.67. The topological polar surface area (TPSA) is 48.1 Å². The predicted octanol–water partition coefficient (Wildman–Crippen LogP) is 3.95. The largest absolute Gasteiger partial charge is 0.454 e. The van der Waals surface area contributed by atoms with Crippen LogP contribution in [0.4, 0.5) is 13.9 Å². The van der Waals surface area contributed by atoms with Gasteiger partial charge in [0.05, 0.1) is 10.2 Å². The van der Waals surface area contributed by atoms with Crippen LogP contribution in [-0.4, -0.2) is 4.98 Å². The normalized spacial score (nSPS) is 10.8. The molecule has 19 heavy (non-hydrogen) atoms. The van der Waals surface area contributed by atoms with E-state index in [2.05, 4.69) is 4.98 Å². The minimum atomic E-state index is -0.746. The van der Waals surface area contributed by atoms with Gasteiger partial charge in [0.1, 0.15) is 11.6 Å². The standard InChI is InChI=1S/C13H8F2N2OS/c14-7-1-4-11(9(15)5-7)18-8-2-3-10-12(6-8)19-13(16)17-10/h1-6H,(H2,16,17). The molecule has 0 radical (unpaired) electrons. The number of hydrogen-bond acceptors (Lipinski definition) is 4. The average molecular weight is 278 g/mol. The summed E-state index contributed by atoms with van der Waals surface area (Å²) in [5, 5.41) is 0.458. The van der Waals surface area contributed by atoms with E-state index in [0.717, 1.165) is 22.3 Å². The van der Waals surface area contributed by atoms with Crippen LogP contribution in [0.3, 0.4) is 0 Å². The van der Waals surface area contributed by atoms with Gasteiger partial charge in [-0.25, -0.2) is 13.8 Å². The van der Waals surface area contributed by atoms with Gasteiger partial charge in [0.2, 0.25) is 0 Å². The number of thiazole rings is 1. The van der Waals surface area contributed by atoms with E-state index >= 15 is 0 Å². The highest BCUT2D eigenvalue weighted by atomic mass is 32.1. The van der Waals surface area contributed by atoms with Gasteiger partial charge in [-0.3, -0.25) is 0 Å². The monoisotopic (exact) mass is 278 g/mol. The minimum absolute atomic E-state index is 0.0294. The van der Waals surface area contributed by atoms with E-state index in [0.29, 0.717) is 10.9 Å². The third kappa shape index (κ3) is 2.34. The van der Waals surface area contributed by atoms with E-state index < -0.39 is 11.6 Å². The van der Waals surface area contributed by atoms with Crippen LogP contribution in [0.1, 0.15) is 0 Å². The van der Waals surface area contributed by atoms with Gasteiger partial charge in [-0.2, -0.15) is 0 Å². The summed E-state index contributed by atoms with van der Waals surface area (Å²) in [6.45, 7) is 0. The first-order chi connectivity index (χ1) is 9.11. The van der Waals surface area contributed by atoms with Crippen molar-refractivity contribution in [1.82, 2.24) is 4.98 Å². The molecule has 1 aromatic heterocycles. The molecule has 96 valence electrons. The van der Waals surface area contributed by atoms with Gasteiger partial charge in [0, 0.05) is 12.1 Å². The number of benzene rings is 2. The lowest BCUT2D eigenvalue weighted by atomic mass is 10.3. The molecule has 3 rings (SSSR count). The van der Waals surface area contributed by atoms with Gasteiger partial charge in [-0.1, -0.05) is 11.3 Å². The van der Waals surface area contributed by atoms with Crippen molar-refractivity contribution in [3.8, 4) is 11.5 Å². The highest BCUT2D eigenvalue weighted by Crippen LogP contribution is 2.31. The molecule has 0 fully saturated rings. The molecule has 0 unspecified atom stereocenters. The van der Waals surface area contributed by atoms with Crippen LogP contribution in [0.5, 0.6) is 11.5 Å². The number of nitrogens with zero attached hydrogens (tertiary/aromatic N) is 1. The zero-order valence-corrected chi connectivity index (χ0v) is 10.4. The third-order valence-electron chi connectivity index (χ3n) is 2.50. The zero-order valence-electron chi connectivity index (χ0n) is 9.56. The predicted molar refractivity (Wildman–Crippen MR) is 70.5 cm³/mol. The molecular formula is C13H8F2N2OS. The number of halogens is 2. The Bertz CT molecular complexity index is 757. The minimum Gasteiger partial charge on any atom is -0.454 e. The molecule has 0 amide bonds. The number of anilines is 1. The highest BCUT2D eigenvalue weighted by molar-refractivity contribution is 7.22. The van der Waals surface area contributed by atoms with Gasteiger partial charge in [0.25, 0.3) is 0 Å². The Kier molecular flexibility index (Phi) is 2.79. The van der Waals surface area contributed by atoms with Crippen LogP contribution >= 0.6 is 11.3 Å². The Morgan fingerprint density at radius 3 is 2.74 bits per heavy atom. The van der Waals surface area contributed by atoms with Crippen LogP contribution in [0.15, 0.2) is 36.4 Å². The quantitative estimate of drug-likeness (QED) is 0.772. The third-order valence-corrected chi connectivity index (χ3v) is 3.35. The summed E-state index contributed by atoms with van der Waals surface area (Å²) in [6, 6.07) is 8.27. The molecule has 3 aromatic rings. The Balaban J connectivity index is 1.96. The first-order valence-electron chi connectivity index (χ1n) is 5.41. The Hall–Kier alpha value is -2.21. The summed E-state index contributed by atoms with van der Waals surface area (Å²) >= 11 is 1.32. The van der Waals surface area contributed by atoms with E-state index in [-0.39, 0.29) is 5.75 Å². The van der Waals surface area contributed by atoms with Crippen molar-refractivity contribution in [3.05, 3.63) is 48.0 Å². The molecule has 1 heterocycles. The summed E-state index contributed by atoms with van der Waals surface area (Å²) in [7, 11) is 0. The molecule has 2 aromatic carbocycles. The summed E-state index contributed by atoms with van der Waals surface area (Å²) < 4.78 is 32.5. The van der Waals surface area contributed by atoms with E-state index in [1.165, 1.54) is 17.4 Å². The molecule has 0 saturated heterocycles. The average Bonchev–Trinajstić information content (AvgIpc) is 2.72. The molecule has 0 spiro atoms. The van der Waals surface area contributed by atoms with Gasteiger partial charge >= 0.3 is 0 Å². The lowest BCUT2D eigenvalue weighted by Crippen LogP contribution is -1.89. The SMILES string of the molecule is Nc1nc2ccc(Oc3ccc(F)cc3F)cc2s1. The smallest absolute Gasteiger partial charge is 0.181 e. The van der Waals surface area contributed by atoms with E-state index in [1.807, 2.05) is 0 Å². The first-order valence-corrected chi connectivity index (χ1v) is 6.22. The molecule has 6 heteroatoms. The van der Waals surface area contributed by atoms with Gasteiger partial charge in [-0.15, -0.1) is 0 Å². The molecule has 0 saturated carbocycles. The fourth-order valence-corrected chi connectivity index (χ4v) is 2.43. The maximum absolute atomic E-state index is 13.5. The Labute approximate surface area is 111 Å². The number of nitrogens with two attached hydrogens (primary N) is 1. The Morgan fingerprint density at radius 1 is 1.11 bits per heavy atom. The second kappa shape index (κ2) is 4.47. The molecule has 0 aliphatic rings. The van der Waals surface area contributed by atoms with Gasteiger partial charge < -0.3 is 10.5 Å². The molecule has 0 bridgehead atoms. The van der Waals surface area contributed by atoms with Crippen molar-refractivity contribution >= 4 is 26.7 Å². The maximum atomic E-state index is 13.5. The second-order valence-corrected chi connectivity index (χ2v) is 4.92. The first kappa shape index (κ1) is 11.9. The number of nitrogen functional groups attached to an aromatic ring is 1. The molecular weight excluding hydrogens is 270 g/mol. The molecule has 3 nitrogen and oxygen atoms in total. The second-order valence-electron chi connectivity index (χ2n) is 3.86. The van der Waals surface area contributed by atoms with Crippen LogP contribution in [-0.2, 0) is 0 Å². The van der Waals surface area contributed by atoms with E-state index in [9.17, 15) is 8.78 Å². The number of hydrogen-bond donors (Lipinski definition) is 1. The summed E-state index contributed by atoms with van der Waals surface area (Å²) in [5.41, 5.74) is 6.36. The molecule has 2 N–H and O–H groups in total. The van der Waals surface area contributed by atoms with Crippen molar-refractivity contribution in [2.24, 2.45) is 0 Å². The van der Waals surface area contributed by atoms with Crippen LogP contribution < -0.4 is 10.5 Å². The van der Waals surface area contributed by atoms with Crippen LogP contribution in [0.25, 0.3) is 10.2 Å². The molecule has 0 aliphatic carbocycles. The van der Waals surface area contributed by atoms with Gasteiger partial charge in [0.15, 0.2) is 16.7 Å². The van der Waals surface area contributed by atoms with Crippen LogP contribution in [0, 0.1) is 11.6 Å². The van der Waals surface area contributed by atoms with Crippen molar-refractivity contribution in [3.63, 3.8) is 0 Å². The number of ether oxygens (including phenoxy) is 1. The summed E-state index contributed by atoms with van der Waals surface area (Å²) in [4.78, 5) is 4.11. The zero-order chi connectivity index (χ0) is 13.4. The number of rotatable bonds is 2. The number of fused-ring (bicyclic) bond motifs is 1. The highest BCUT2D eigenvalue weighted by Gasteiger charge is 2.08. The Morgan fingerprint density at radius 2 is 1.95 bits per heavy atom. The maximum Gasteiger partial charge on any atom is 0.181 e. The fraction of sp³-hybridized carbons (Fsp3) is 0. The van der Waals surface area contributed by atoms with Crippen molar-refractivity contribution < 1.29 is 13.5 Å². The van der Waals surface area contributed by atoms with E-state index in [4.69, 9.17) is 10.5 Å². The van der Waals surface area contributed by atoms with Crippen molar-refractivity contribution in [2.45, 2.75) is 0 Å². The lowest BCUT2D eigenvalue weighted by molar-refractivity contribution is 0.438. The van der Waals surface area contributed by atoms with Crippen molar-refractivity contribution in [2.75, 3.05) is 5.73 Å². The number of aromatic nitrogens is 1. The molecule has 0 atom stereocenters. The summed E-state index contributed by atoms with van der Waals surface area (Å²) in [6.07, 6.45) is 0. The van der Waals surface area contributed by atoms with Crippen LogP contribution in [0.2, 0.25) is 0 Å².